The van der Waals surface area contributed by atoms with Crippen LogP contribution in [0, 0.1) is 19.7 Å². The molecule has 0 atom stereocenters. The van der Waals surface area contributed by atoms with Crippen molar-refractivity contribution in [3.8, 4) is 11.4 Å². The number of rotatable bonds is 10. The molecular formula is C36H40FN5. The van der Waals surface area contributed by atoms with Crippen LogP contribution in [0.15, 0.2) is 67.5 Å². The highest BCUT2D eigenvalue weighted by molar-refractivity contribution is 5.84. The minimum absolute atomic E-state index is 0.218. The molecular weight excluding hydrogens is 521 g/mol. The van der Waals surface area contributed by atoms with Gasteiger partial charge in [0.2, 0.25) is 0 Å². The first-order valence-electron chi connectivity index (χ1n) is 14.7. The van der Waals surface area contributed by atoms with E-state index in [1.54, 1.807) is 24.4 Å². The number of allylic oxidation sites excluding steroid dienone is 4. The Hall–Kier alpha value is -4.29. The van der Waals surface area contributed by atoms with Crippen LogP contribution in [0.5, 0.6) is 0 Å². The van der Waals surface area contributed by atoms with Crippen LogP contribution in [0.25, 0.3) is 35.2 Å². The van der Waals surface area contributed by atoms with Gasteiger partial charge in [-0.15, -0.1) is 0 Å². The van der Waals surface area contributed by atoms with Crippen LogP contribution < -0.4 is 10.6 Å². The Kier molecular flexibility index (Phi) is 9.13. The Morgan fingerprint density at radius 2 is 1.90 bits per heavy atom. The molecule has 1 aromatic carbocycles. The third kappa shape index (κ3) is 6.60. The highest BCUT2D eigenvalue weighted by Gasteiger charge is 2.16. The molecule has 216 valence electrons. The van der Waals surface area contributed by atoms with Gasteiger partial charge in [-0.25, -0.2) is 4.39 Å². The van der Waals surface area contributed by atoms with Gasteiger partial charge in [0.15, 0.2) is 0 Å². The van der Waals surface area contributed by atoms with Gasteiger partial charge in [-0.3, -0.25) is 10.1 Å². The monoisotopic (exact) mass is 561 g/mol. The first-order chi connectivity index (χ1) is 20.3. The van der Waals surface area contributed by atoms with Gasteiger partial charge < -0.3 is 9.88 Å². The summed E-state index contributed by atoms with van der Waals surface area (Å²) in [7, 11) is 0. The number of hydrogen-bond donors (Lipinski definition) is 2. The highest BCUT2D eigenvalue weighted by atomic mass is 19.1. The van der Waals surface area contributed by atoms with E-state index in [-0.39, 0.29) is 5.82 Å². The van der Waals surface area contributed by atoms with Gasteiger partial charge in [0.25, 0.3) is 0 Å². The average Bonchev–Trinajstić information content (AvgIpc) is 3.71. The molecule has 1 aliphatic rings. The second-order valence-corrected chi connectivity index (χ2v) is 11.2. The molecule has 4 aromatic rings. The summed E-state index contributed by atoms with van der Waals surface area (Å²) in [6.45, 7) is 17.9. The van der Waals surface area contributed by atoms with E-state index < -0.39 is 0 Å². The molecule has 6 heteroatoms. The van der Waals surface area contributed by atoms with Crippen LogP contribution in [-0.4, -0.2) is 44.7 Å². The molecule has 42 heavy (non-hydrogen) atoms. The van der Waals surface area contributed by atoms with Gasteiger partial charge in [-0.2, -0.15) is 5.10 Å². The molecule has 0 bridgehead atoms. The minimum Gasteiger partial charge on any atom is -0.357 e. The smallest absolute Gasteiger partial charge is 0.124 e. The van der Waals surface area contributed by atoms with Gasteiger partial charge in [0, 0.05) is 28.9 Å². The Bertz CT molecular complexity index is 1750. The molecule has 0 unspecified atom stereocenters. The Balaban J connectivity index is 1.41. The molecule has 5 nitrogen and oxygen atoms in total. The fourth-order valence-electron chi connectivity index (χ4n) is 5.80. The molecule has 5 rings (SSSR count). The quantitative estimate of drug-likeness (QED) is 0.218. The van der Waals surface area contributed by atoms with E-state index in [9.17, 15) is 4.39 Å². The number of aryl methyl sites for hydroxylation is 3. The second-order valence-electron chi connectivity index (χ2n) is 11.2. The zero-order chi connectivity index (χ0) is 29.6. The molecule has 4 heterocycles. The predicted octanol–water partition coefficient (Wildman–Crippen LogP) is 6.50. The van der Waals surface area contributed by atoms with Gasteiger partial charge in [-0.1, -0.05) is 37.5 Å². The maximum absolute atomic E-state index is 14.9. The number of benzene rings is 1. The van der Waals surface area contributed by atoms with Gasteiger partial charge >= 0.3 is 0 Å². The summed E-state index contributed by atoms with van der Waals surface area (Å²) in [5.74, 6) is -0.218. The number of H-pyrrole nitrogens is 2. The van der Waals surface area contributed by atoms with E-state index in [4.69, 9.17) is 0 Å². The number of likely N-dealkylation sites (tertiary alicyclic amines) is 1. The fourth-order valence-corrected chi connectivity index (χ4v) is 5.80. The van der Waals surface area contributed by atoms with E-state index in [0.29, 0.717) is 0 Å². The van der Waals surface area contributed by atoms with Gasteiger partial charge in [-0.05, 0) is 130 Å². The summed E-state index contributed by atoms with van der Waals surface area (Å²) < 4.78 is 14.9. The number of nitrogens with zero attached hydrogens (tertiary/aromatic N) is 3. The zero-order valence-electron chi connectivity index (χ0n) is 24.9. The molecule has 0 amide bonds. The lowest BCUT2D eigenvalue weighted by atomic mass is 9.94. The first-order valence-corrected chi connectivity index (χ1v) is 14.7. The third-order valence-corrected chi connectivity index (χ3v) is 8.11. The Labute approximate surface area is 247 Å². The SMILES string of the molecule is C=C/C=C(/c1cc(F)cc(CCCN2CCCC2)c1)c1cc(-c2n[nH]/c(=C/C=C(\C)c3cnccc3C)c2=C)[nH]c1C. The van der Waals surface area contributed by atoms with Crippen molar-refractivity contribution in [1.82, 2.24) is 25.1 Å². The normalized spacial score (nSPS) is 15.1. The highest BCUT2D eigenvalue weighted by Crippen LogP contribution is 2.31. The number of aromatic nitrogens is 4. The van der Waals surface area contributed by atoms with E-state index in [0.717, 1.165) is 80.4 Å². The standard InChI is InChI=1S/C36H40FN5/c1-6-10-31(29-19-28(20-30(37)21-29)11-9-18-42-16-7-8-17-42)32-22-35(39-27(32)5)36-26(4)34(40-41-36)13-12-24(2)33-23-38-15-14-25(33)3/h6,10,12-15,19-23,39-40H,1,4,7-9,11,16-18H2,2-3,5H3/b24-12+,31-10-,34-13+. The Morgan fingerprint density at radius 1 is 1.10 bits per heavy atom. The van der Waals surface area contributed by atoms with E-state index in [1.165, 1.54) is 31.5 Å². The molecule has 0 spiro atoms. The molecule has 0 aliphatic carbocycles. The number of hydrogen-bond acceptors (Lipinski definition) is 3. The lowest BCUT2D eigenvalue weighted by Gasteiger charge is -2.15. The summed E-state index contributed by atoms with van der Waals surface area (Å²) in [5.41, 5.74) is 9.73. The average molecular weight is 562 g/mol. The molecule has 3 aromatic heterocycles. The van der Waals surface area contributed by atoms with Crippen molar-refractivity contribution in [3.05, 3.63) is 117 Å². The van der Waals surface area contributed by atoms with Crippen LogP contribution >= 0.6 is 0 Å². The van der Waals surface area contributed by atoms with E-state index in [1.807, 2.05) is 31.3 Å². The van der Waals surface area contributed by atoms with Gasteiger partial charge in [0.1, 0.15) is 11.5 Å². The van der Waals surface area contributed by atoms with Gasteiger partial charge in [0.05, 0.1) is 11.0 Å². The predicted molar refractivity (Wildman–Crippen MR) is 173 cm³/mol. The van der Waals surface area contributed by atoms with E-state index in [2.05, 4.69) is 70.3 Å². The first kappa shape index (κ1) is 29.2. The maximum Gasteiger partial charge on any atom is 0.124 e. The molecule has 0 saturated carbocycles. The minimum atomic E-state index is -0.218. The molecule has 1 saturated heterocycles. The second kappa shape index (κ2) is 13.1. The maximum atomic E-state index is 14.9. The van der Waals surface area contributed by atoms with Crippen molar-refractivity contribution >= 4 is 23.8 Å². The topological polar surface area (TPSA) is 60.6 Å². The van der Waals surface area contributed by atoms with Crippen molar-refractivity contribution < 1.29 is 4.39 Å². The fraction of sp³-hybridized carbons (Fsp3) is 0.278. The summed E-state index contributed by atoms with van der Waals surface area (Å²) in [4.78, 5) is 10.2. The van der Waals surface area contributed by atoms with Crippen molar-refractivity contribution in [1.29, 1.82) is 0 Å². The lowest BCUT2D eigenvalue weighted by Crippen LogP contribution is -2.21. The number of halogens is 1. The van der Waals surface area contributed by atoms with Crippen molar-refractivity contribution in [2.75, 3.05) is 19.6 Å². The van der Waals surface area contributed by atoms with Crippen molar-refractivity contribution in [2.24, 2.45) is 0 Å². The van der Waals surface area contributed by atoms with Crippen LogP contribution in [0.3, 0.4) is 0 Å². The number of nitrogens with one attached hydrogen (secondary N) is 2. The van der Waals surface area contributed by atoms with Crippen molar-refractivity contribution in [3.63, 3.8) is 0 Å². The number of aromatic amines is 2. The molecule has 1 aliphatic heterocycles. The van der Waals surface area contributed by atoms with Crippen LogP contribution in [-0.2, 0) is 6.42 Å². The lowest BCUT2D eigenvalue weighted by molar-refractivity contribution is 0.334. The van der Waals surface area contributed by atoms with Crippen molar-refractivity contribution in [2.45, 2.75) is 46.5 Å². The summed E-state index contributed by atoms with van der Waals surface area (Å²) in [5, 5.41) is 9.36. The molecule has 2 N–H and O–H groups in total. The summed E-state index contributed by atoms with van der Waals surface area (Å²) in [6.07, 6.45) is 15.9. The zero-order valence-corrected chi connectivity index (χ0v) is 24.9. The summed E-state index contributed by atoms with van der Waals surface area (Å²) >= 11 is 0. The third-order valence-electron chi connectivity index (χ3n) is 8.11. The van der Waals surface area contributed by atoms with Crippen LogP contribution in [0.1, 0.15) is 59.7 Å². The Morgan fingerprint density at radius 3 is 2.67 bits per heavy atom. The largest absolute Gasteiger partial charge is 0.357 e. The van der Waals surface area contributed by atoms with E-state index >= 15 is 0 Å². The molecule has 1 fully saturated rings. The number of pyridine rings is 1. The molecule has 0 radical (unpaired) electrons. The summed E-state index contributed by atoms with van der Waals surface area (Å²) in [6, 6.07) is 9.46. The van der Waals surface area contributed by atoms with Crippen LogP contribution in [0.2, 0.25) is 0 Å². The van der Waals surface area contributed by atoms with Crippen LogP contribution in [0.4, 0.5) is 4.39 Å².